The van der Waals surface area contributed by atoms with Crippen molar-refractivity contribution >= 4 is 51.9 Å². The maximum atomic E-state index is 13.3. The Hall–Kier alpha value is -2.18. The number of anilines is 1. The molecule has 4 rings (SSSR count). The van der Waals surface area contributed by atoms with Crippen LogP contribution in [0.25, 0.3) is 0 Å². The molecule has 1 atom stereocenters. The van der Waals surface area contributed by atoms with Gasteiger partial charge in [0.1, 0.15) is 0 Å². The molecule has 3 aromatic rings. The number of ketones is 1. The number of aliphatic hydroxyl groups is 1. The van der Waals surface area contributed by atoms with Crippen molar-refractivity contribution in [1.29, 1.82) is 0 Å². The number of amides is 1. The molecule has 0 saturated heterocycles. The Balaban J connectivity index is 1.71. The van der Waals surface area contributed by atoms with Crippen LogP contribution in [0.15, 0.2) is 54.6 Å². The highest BCUT2D eigenvalue weighted by Gasteiger charge is 2.51. The van der Waals surface area contributed by atoms with Gasteiger partial charge in [-0.05, 0) is 55.0 Å². The van der Waals surface area contributed by atoms with Gasteiger partial charge in [-0.25, -0.2) is 0 Å². The van der Waals surface area contributed by atoms with E-state index in [0.29, 0.717) is 26.2 Å². The molecule has 0 bridgehead atoms. The van der Waals surface area contributed by atoms with E-state index in [1.807, 2.05) is 25.1 Å². The van der Waals surface area contributed by atoms with Gasteiger partial charge in [0, 0.05) is 20.5 Å². The van der Waals surface area contributed by atoms with Crippen LogP contribution in [0.1, 0.15) is 32.1 Å². The standard InChI is InChI=1S/C22H17Cl2NO3S/c1-13-2-9-20(29-13)19(26)11-22(28)17-10-16(24)7-8-18(17)25(21(22)27)12-14-3-5-15(23)6-4-14/h2-10,28H,11-12H2,1H3/t22-/m1/s1. The fraction of sp³-hybridized carbons (Fsp3) is 0.182. The van der Waals surface area contributed by atoms with Crippen molar-refractivity contribution in [3.63, 3.8) is 0 Å². The maximum Gasteiger partial charge on any atom is 0.264 e. The lowest BCUT2D eigenvalue weighted by Gasteiger charge is -2.22. The Morgan fingerprint density at radius 2 is 1.76 bits per heavy atom. The third kappa shape index (κ3) is 3.71. The average molecular weight is 446 g/mol. The molecule has 0 aliphatic carbocycles. The topological polar surface area (TPSA) is 57.6 Å². The minimum Gasteiger partial charge on any atom is -0.375 e. The highest BCUT2D eigenvalue weighted by Crippen LogP contribution is 2.45. The van der Waals surface area contributed by atoms with Gasteiger partial charge < -0.3 is 10.0 Å². The molecule has 0 saturated carbocycles. The molecule has 7 heteroatoms. The molecule has 29 heavy (non-hydrogen) atoms. The summed E-state index contributed by atoms with van der Waals surface area (Å²) in [5.41, 5.74) is -0.201. The fourth-order valence-electron chi connectivity index (χ4n) is 3.53. The Morgan fingerprint density at radius 3 is 2.41 bits per heavy atom. The number of Topliss-reactive ketones (excluding diaryl/α,β-unsaturated/α-hetero) is 1. The van der Waals surface area contributed by atoms with E-state index in [1.165, 1.54) is 16.2 Å². The lowest BCUT2D eigenvalue weighted by molar-refractivity contribution is -0.136. The number of rotatable bonds is 5. The van der Waals surface area contributed by atoms with E-state index in [4.69, 9.17) is 23.2 Å². The molecule has 0 spiro atoms. The number of hydrogen-bond acceptors (Lipinski definition) is 4. The number of fused-ring (bicyclic) bond motifs is 1. The van der Waals surface area contributed by atoms with Crippen molar-refractivity contribution in [3.05, 3.63) is 85.5 Å². The SMILES string of the molecule is Cc1ccc(C(=O)C[C@]2(O)C(=O)N(Cc3ccc(Cl)cc3)c3ccc(Cl)cc32)s1. The minimum atomic E-state index is -1.96. The summed E-state index contributed by atoms with van der Waals surface area (Å²) in [6.07, 6.45) is -0.337. The average Bonchev–Trinajstić information content (AvgIpc) is 3.20. The van der Waals surface area contributed by atoms with E-state index in [-0.39, 0.29) is 18.7 Å². The second-order valence-electron chi connectivity index (χ2n) is 7.05. The summed E-state index contributed by atoms with van der Waals surface area (Å²) in [4.78, 5) is 29.1. The van der Waals surface area contributed by atoms with Gasteiger partial charge in [0.2, 0.25) is 0 Å². The quantitative estimate of drug-likeness (QED) is 0.536. The van der Waals surface area contributed by atoms with E-state index in [0.717, 1.165) is 10.4 Å². The van der Waals surface area contributed by atoms with Crippen LogP contribution in [0, 0.1) is 6.92 Å². The Kier molecular flexibility index (Phi) is 5.25. The van der Waals surface area contributed by atoms with Crippen molar-refractivity contribution in [2.75, 3.05) is 4.90 Å². The van der Waals surface area contributed by atoms with E-state index in [9.17, 15) is 14.7 Å². The van der Waals surface area contributed by atoms with Crippen molar-refractivity contribution < 1.29 is 14.7 Å². The third-order valence-corrected chi connectivity index (χ3v) is 6.51. The monoisotopic (exact) mass is 445 g/mol. The third-order valence-electron chi connectivity index (χ3n) is 4.98. The Bertz CT molecular complexity index is 1110. The highest BCUT2D eigenvalue weighted by atomic mass is 35.5. The lowest BCUT2D eigenvalue weighted by Crippen LogP contribution is -2.41. The van der Waals surface area contributed by atoms with E-state index < -0.39 is 11.5 Å². The molecule has 1 N–H and O–H groups in total. The molecule has 0 radical (unpaired) electrons. The molecule has 1 amide bonds. The summed E-state index contributed by atoms with van der Waals surface area (Å²) >= 11 is 13.4. The number of carbonyl (C=O) groups excluding carboxylic acids is 2. The first-order valence-corrected chi connectivity index (χ1v) is 10.5. The first kappa shape index (κ1) is 20.1. The molecular weight excluding hydrogens is 429 g/mol. The van der Waals surface area contributed by atoms with Gasteiger partial charge in [-0.15, -0.1) is 11.3 Å². The summed E-state index contributed by atoms with van der Waals surface area (Å²) in [7, 11) is 0. The zero-order valence-corrected chi connectivity index (χ0v) is 17.8. The lowest BCUT2D eigenvalue weighted by atomic mass is 9.89. The van der Waals surface area contributed by atoms with Crippen LogP contribution >= 0.6 is 34.5 Å². The van der Waals surface area contributed by atoms with E-state index >= 15 is 0 Å². The van der Waals surface area contributed by atoms with Gasteiger partial charge in [0.05, 0.1) is 23.5 Å². The number of thiophene rings is 1. The van der Waals surface area contributed by atoms with Crippen molar-refractivity contribution in [2.24, 2.45) is 0 Å². The van der Waals surface area contributed by atoms with Crippen LogP contribution in [0.5, 0.6) is 0 Å². The summed E-state index contributed by atoms with van der Waals surface area (Å²) < 4.78 is 0. The van der Waals surface area contributed by atoms with E-state index in [1.54, 1.807) is 36.4 Å². The molecule has 1 aliphatic rings. The van der Waals surface area contributed by atoms with Gasteiger partial charge in [0.15, 0.2) is 11.4 Å². The van der Waals surface area contributed by atoms with Crippen LogP contribution in [-0.2, 0) is 16.9 Å². The zero-order valence-electron chi connectivity index (χ0n) is 15.5. The molecule has 1 aliphatic heterocycles. The Morgan fingerprint density at radius 1 is 1.07 bits per heavy atom. The van der Waals surface area contributed by atoms with Crippen LogP contribution < -0.4 is 4.90 Å². The normalized spacial score (nSPS) is 18.2. The molecule has 0 unspecified atom stereocenters. The number of nitrogens with zero attached hydrogens (tertiary/aromatic N) is 1. The molecule has 0 fully saturated rings. The van der Waals surface area contributed by atoms with Gasteiger partial charge in [-0.2, -0.15) is 0 Å². The molecule has 4 nitrogen and oxygen atoms in total. The van der Waals surface area contributed by atoms with Gasteiger partial charge in [-0.3, -0.25) is 9.59 Å². The molecule has 148 valence electrons. The number of carbonyl (C=O) groups is 2. The minimum absolute atomic E-state index is 0.249. The second kappa shape index (κ2) is 7.58. The summed E-state index contributed by atoms with van der Waals surface area (Å²) in [5.74, 6) is -0.815. The van der Waals surface area contributed by atoms with Crippen molar-refractivity contribution in [3.8, 4) is 0 Å². The van der Waals surface area contributed by atoms with Gasteiger partial charge in [-0.1, -0.05) is 35.3 Å². The molecular formula is C22H17Cl2NO3S. The zero-order chi connectivity index (χ0) is 20.8. The highest BCUT2D eigenvalue weighted by molar-refractivity contribution is 7.14. The van der Waals surface area contributed by atoms with Gasteiger partial charge >= 0.3 is 0 Å². The number of aryl methyl sites for hydroxylation is 1. The van der Waals surface area contributed by atoms with Crippen molar-refractivity contribution in [1.82, 2.24) is 0 Å². The summed E-state index contributed by atoms with van der Waals surface area (Å²) in [6.45, 7) is 2.15. The first-order valence-electron chi connectivity index (χ1n) is 8.96. The summed E-state index contributed by atoms with van der Waals surface area (Å²) in [5, 5.41) is 12.4. The smallest absolute Gasteiger partial charge is 0.264 e. The number of halogens is 2. The number of hydrogen-bond donors (Lipinski definition) is 1. The fourth-order valence-corrected chi connectivity index (χ4v) is 4.63. The van der Waals surface area contributed by atoms with E-state index in [2.05, 4.69) is 0 Å². The predicted molar refractivity (Wildman–Crippen MR) is 116 cm³/mol. The molecule has 1 aromatic heterocycles. The molecule has 2 heterocycles. The summed E-state index contributed by atoms with van der Waals surface area (Å²) in [6, 6.07) is 15.6. The number of benzene rings is 2. The van der Waals surface area contributed by atoms with Crippen molar-refractivity contribution in [2.45, 2.75) is 25.5 Å². The molecule has 2 aromatic carbocycles. The van der Waals surface area contributed by atoms with Gasteiger partial charge in [0.25, 0.3) is 5.91 Å². The van der Waals surface area contributed by atoms with Crippen LogP contribution in [0.3, 0.4) is 0 Å². The largest absolute Gasteiger partial charge is 0.375 e. The van der Waals surface area contributed by atoms with Crippen LogP contribution in [0.2, 0.25) is 10.0 Å². The van der Waals surface area contributed by atoms with Crippen LogP contribution in [-0.4, -0.2) is 16.8 Å². The predicted octanol–water partition coefficient (Wildman–Crippen LogP) is 5.37. The first-order chi connectivity index (χ1) is 13.8. The van der Waals surface area contributed by atoms with Crippen LogP contribution in [0.4, 0.5) is 5.69 Å². The second-order valence-corrected chi connectivity index (χ2v) is 9.21. The Labute approximate surface area is 182 Å². The maximum absolute atomic E-state index is 13.3.